The highest BCUT2D eigenvalue weighted by atomic mass is 35.5. The molecule has 1 aliphatic heterocycles. The average molecular weight is 467 g/mol. The third-order valence-electron chi connectivity index (χ3n) is 4.79. The van der Waals surface area contributed by atoms with E-state index in [1.54, 1.807) is 18.2 Å². The largest absolute Gasteiger partial charge is 0.491 e. The van der Waals surface area contributed by atoms with Crippen LogP contribution in [0, 0.1) is 0 Å². The van der Waals surface area contributed by atoms with Gasteiger partial charge in [0.25, 0.3) is 5.91 Å². The first-order chi connectivity index (χ1) is 14.7. The summed E-state index contributed by atoms with van der Waals surface area (Å²) in [6.45, 7) is 6.60. The van der Waals surface area contributed by atoms with E-state index in [2.05, 4.69) is 5.32 Å². The van der Waals surface area contributed by atoms with E-state index in [-0.39, 0.29) is 40.8 Å². The van der Waals surface area contributed by atoms with E-state index >= 15 is 0 Å². The maximum absolute atomic E-state index is 13.2. The smallest absolute Gasteiger partial charge is 0.255 e. The van der Waals surface area contributed by atoms with Crippen molar-refractivity contribution in [1.29, 1.82) is 0 Å². The number of sulfonamides is 1. The summed E-state index contributed by atoms with van der Waals surface area (Å²) in [5.41, 5.74) is 0.693. The molecule has 1 saturated heterocycles. The van der Waals surface area contributed by atoms with Gasteiger partial charge >= 0.3 is 0 Å². The van der Waals surface area contributed by atoms with E-state index < -0.39 is 15.9 Å². The van der Waals surface area contributed by atoms with Crippen molar-refractivity contribution < 1.29 is 22.7 Å². The molecule has 0 radical (unpaired) electrons. The Balaban J connectivity index is 1.87. The summed E-state index contributed by atoms with van der Waals surface area (Å²) in [7, 11) is -3.89. The van der Waals surface area contributed by atoms with Crippen LogP contribution in [0.4, 0.5) is 5.69 Å². The Hall–Kier alpha value is -2.13. The van der Waals surface area contributed by atoms with Gasteiger partial charge in [0.05, 0.1) is 29.5 Å². The fourth-order valence-corrected chi connectivity index (χ4v) is 5.50. The molecule has 2 atom stereocenters. The maximum atomic E-state index is 13.2. The van der Waals surface area contributed by atoms with Gasteiger partial charge in [-0.15, -0.1) is 0 Å². The molecule has 168 valence electrons. The first kappa shape index (κ1) is 23.5. The molecule has 2 aromatic rings. The Morgan fingerprint density at radius 3 is 2.55 bits per heavy atom. The second-order valence-electron chi connectivity index (χ2n) is 7.52. The molecule has 7 nitrogen and oxygen atoms in total. The van der Waals surface area contributed by atoms with Crippen molar-refractivity contribution in [2.45, 2.75) is 44.3 Å². The van der Waals surface area contributed by atoms with Crippen LogP contribution in [0.25, 0.3) is 0 Å². The van der Waals surface area contributed by atoms with Gasteiger partial charge in [-0.3, -0.25) is 4.79 Å². The number of nitrogens with zero attached hydrogens (tertiary/aromatic N) is 1. The quantitative estimate of drug-likeness (QED) is 0.661. The number of amides is 1. The molecule has 1 heterocycles. The standard InChI is InChI=1S/C22H27ClN2O5S/c1-4-11-29-20-8-6-5-7-19(20)24-22(26)17-9-10-18(23)21(12-17)31(27,28)25-13-15(2)30-16(3)14-25/h5-10,12,15-16H,4,11,13-14H2,1-3H3,(H,24,26)/t15-,16-/m0/s1. The molecule has 1 amide bonds. The monoisotopic (exact) mass is 466 g/mol. The minimum Gasteiger partial charge on any atom is -0.491 e. The van der Waals surface area contributed by atoms with E-state index in [9.17, 15) is 13.2 Å². The number of para-hydroxylation sites is 2. The summed E-state index contributed by atoms with van der Waals surface area (Å²) in [4.78, 5) is 12.8. The zero-order valence-electron chi connectivity index (χ0n) is 17.8. The minimum absolute atomic E-state index is 0.0648. The summed E-state index contributed by atoms with van der Waals surface area (Å²) in [6, 6.07) is 11.3. The van der Waals surface area contributed by atoms with Gasteiger partial charge in [0.2, 0.25) is 10.0 Å². The van der Waals surface area contributed by atoms with Crippen LogP contribution in [0.1, 0.15) is 37.6 Å². The van der Waals surface area contributed by atoms with Crippen LogP contribution in [0.5, 0.6) is 5.75 Å². The number of carbonyl (C=O) groups excluding carboxylic acids is 1. The van der Waals surface area contributed by atoms with Gasteiger partial charge in [0.1, 0.15) is 10.6 Å². The first-order valence-corrected chi connectivity index (χ1v) is 12.0. The molecule has 9 heteroatoms. The fraction of sp³-hybridized carbons (Fsp3) is 0.409. The summed E-state index contributed by atoms with van der Waals surface area (Å²) in [5.74, 6) is 0.0974. The van der Waals surface area contributed by atoms with Gasteiger partial charge in [0.15, 0.2) is 0 Å². The van der Waals surface area contributed by atoms with Crippen molar-refractivity contribution in [3.8, 4) is 5.75 Å². The number of carbonyl (C=O) groups is 1. The van der Waals surface area contributed by atoms with Crippen LogP contribution in [0.15, 0.2) is 47.4 Å². The average Bonchev–Trinajstić information content (AvgIpc) is 2.72. The highest BCUT2D eigenvalue weighted by molar-refractivity contribution is 7.89. The zero-order valence-corrected chi connectivity index (χ0v) is 19.4. The van der Waals surface area contributed by atoms with Crippen molar-refractivity contribution in [3.63, 3.8) is 0 Å². The third kappa shape index (κ3) is 5.57. The van der Waals surface area contributed by atoms with Gasteiger partial charge in [0, 0.05) is 18.7 Å². The van der Waals surface area contributed by atoms with Crippen LogP contribution in [0.3, 0.4) is 0 Å². The highest BCUT2D eigenvalue weighted by Gasteiger charge is 2.34. The number of hydrogen-bond donors (Lipinski definition) is 1. The summed E-state index contributed by atoms with van der Waals surface area (Å²) < 4.78 is 39.1. The predicted octanol–water partition coefficient (Wildman–Crippen LogP) is 4.18. The van der Waals surface area contributed by atoms with Crippen molar-refractivity contribution in [1.82, 2.24) is 4.31 Å². The summed E-state index contributed by atoms with van der Waals surface area (Å²) >= 11 is 6.23. The Morgan fingerprint density at radius 1 is 1.19 bits per heavy atom. The van der Waals surface area contributed by atoms with Gasteiger partial charge in [-0.05, 0) is 50.6 Å². The molecule has 1 aliphatic rings. The summed E-state index contributed by atoms with van der Waals surface area (Å²) in [5, 5.41) is 2.86. The fourth-order valence-electron chi connectivity index (χ4n) is 3.41. The van der Waals surface area contributed by atoms with E-state index in [1.165, 1.54) is 22.5 Å². The second kappa shape index (κ2) is 9.99. The molecule has 0 spiro atoms. The molecule has 0 aromatic heterocycles. The number of rotatable bonds is 7. The van der Waals surface area contributed by atoms with Crippen LogP contribution in [0.2, 0.25) is 5.02 Å². The predicted molar refractivity (Wildman–Crippen MR) is 120 cm³/mol. The number of halogens is 1. The van der Waals surface area contributed by atoms with E-state index in [0.29, 0.717) is 18.0 Å². The molecule has 0 bridgehead atoms. The molecule has 2 aromatic carbocycles. The molecule has 3 rings (SSSR count). The highest BCUT2D eigenvalue weighted by Crippen LogP contribution is 2.29. The second-order valence-corrected chi connectivity index (χ2v) is 9.84. The number of ether oxygens (including phenoxy) is 2. The number of hydrogen-bond acceptors (Lipinski definition) is 5. The van der Waals surface area contributed by atoms with Crippen molar-refractivity contribution in [2.24, 2.45) is 0 Å². The Morgan fingerprint density at radius 2 is 1.87 bits per heavy atom. The lowest BCUT2D eigenvalue weighted by Gasteiger charge is -2.34. The molecule has 1 fully saturated rings. The molecule has 0 unspecified atom stereocenters. The molecule has 1 N–H and O–H groups in total. The molecular formula is C22H27ClN2O5S. The number of anilines is 1. The molecular weight excluding hydrogens is 440 g/mol. The SMILES string of the molecule is CCCOc1ccccc1NC(=O)c1ccc(Cl)c(S(=O)(=O)N2C[C@H](C)O[C@@H](C)C2)c1. The number of morpholine rings is 1. The first-order valence-electron chi connectivity index (χ1n) is 10.2. The lowest BCUT2D eigenvalue weighted by atomic mass is 10.2. The van der Waals surface area contributed by atoms with Crippen LogP contribution in [-0.4, -0.2) is 50.5 Å². The van der Waals surface area contributed by atoms with E-state index in [1.807, 2.05) is 26.8 Å². The topological polar surface area (TPSA) is 84.9 Å². The van der Waals surface area contributed by atoms with Crippen LogP contribution >= 0.6 is 11.6 Å². The molecule has 31 heavy (non-hydrogen) atoms. The number of nitrogens with one attached hydrogen (secondary N) is 1. The Kier molecular flexibility index (Phi) is 7.59. The third-order valence-corrected chi connectivity index (χ3v) is 7.11. The van der Waals surface area contributed by atoms with Crippen LogP contribution in [-0.2, 0) is 14.8 Å². The minimum atomic E-state index is -3.89. The lowest BCUT2D eigenvalue weighted by molar-refractivity contribution is -0.0440. The van der Waals surface area contributed by atoms with E-state index in [0.717, 1.165) is 6.42 Å². The normalized spacial score (nSPS) is 19.7. The molecule has 0 aliphatic carbocycles. The van der Waals surface area contributed by atoms with Crippen molar-refractivity contribution in [2.75, 3.05) is 25.0 Å². The van der Waals surface area contributed by atoms with Crippen LogP contribution < -0.4 is 10.1 Å². The zero-order chi connectivity index (χ0) is 22.6. The van der Waals surface area contributed by atoms with Crippen molar-refractivity contribution >= 4 is 33.2 Å². The summed E-state index contributed by atoms with van der Waals surface area (Å²) in [6.07, 6.45) is 0.367. The van der Waals surface area contributed by atoms with Gasteiger partial charge < -0.3 is 14.8 Å². The molecule has 0 saturated carbocycles. The van der Waals surface area contributed by atoms with E-state index in [4.69, 9.17) is 21.1 Å². The Bertz CT molecular complexity index is 1030. The van der Waals surface area contributed by atoms with Gasteiger partial charge in [-0.2, -0.15) is 4.31 Å². The van der Waals surface area contributed by atoms with Crippen molar-refractivity contribution in [3.05, 3.63) is 53.1 Å². The van der Waals surface area contributed by atoms with Gasteiger partial charge in [-0.1, -0.05) is 30.7 Å². The Labute approximate surface area is 188 Å². The number of benzene rings is 2. The lowest BCUT2D eigenvalue weighted by Crippen LogP contribution is -2.48. The maximum Gasteiger partial charge on any atom is 0.255 e. The van der Waals surface area contributed by atoms with Gasteiger partial charge in [-0.25, -0.2) is 8.42 Å².